The van der Waals surface area contributed by atoms with Gasteiger partial charge in [-0.15, -0.1) is 0 Å². The zero-order chi connectivity index (χ0) is 17.4. The van der Waals surface area contributed by atoms with Crippen LogP contribution >= 0.6 is 0 Å². The monoisotopic (exact) mass is 332 g/mol. The van der Waals surface area contributed by atoms with Crippen LogP contribution < -0.4 is 9.36 Å². The Morgan fingerprint density at radius 1 is 0.917 bits per heavy atom. The van der Waals surface area contributed by atoms with Gasteiger partial charge >= 0.3 is 11.6 Å². The molecule has 0 fully saturated rings. The molecule has 0 aliphatic carbocycles. The Hall–Kier alpha value is -3.70. The van der Waals surface area contributed by atoms with E-state index in [0.29, 0.717) is 11.4 Å². The first kappa shape index (κ1) is 15.2. The van der Waals surface area contributed by atoms with Gasteiger partial charge in [0.15, 0.2) is 11.4 Å². The first-order chi connectivity index (χ1) is 11.4. The molecule has 3 rings (SSSR count). The molecular weight excluding hydrogens is 320 g/mol. The van der Waals surface area contributed by atoms with Crippen LogP contribution in [0.1, 0.15) is 0 Å². The Morgan fingerprint density at radius 3 is 1.67 bits per heavy atom. The van der Waals surface area contributed by atoms with Crippen molar-refractivity contribution in [3.05, 3.63) is 56.9 Å². The number of hydrogen-bond acceptors (Lipinski definition) is 6. The predicted octanol–water partition coefficient (Wildman–Crippen LogP) is -0.477. The molecule has 2 heterocycles. The Labute approximate surface area is 134 Å². The van der Waals surface area contributed by atoms with Gasteiger partial charge in [-0.1, -0.05) is 24.8 Å². The normalized spacial score (nSPS) is 10.8. The first-order valence-electron chi connectivity index (χ1n) is 6.68. The highest BCUT2D eigenvalue weighted by atomic mass is 16.6. The van der Waals surface area contributed by atoms with Crippen molar-refractivity contribution in [2.75, 3.05) is 0 Å². The van der Waals surface area contributed by atoms with Crippen molar-refractivity contribution >= 4 is 11.6 Å². The van der Waals surface area contributed by atoms with Crippen LogP contribution in [0.25, 0.3) is 11.4 Å². The second-order valence-electron chi connectivity index (χ2n) is 4.92. The maximum absolute atomic E-state index is 10.9. The second kappa shape index (κ2) is 5.49. The van der Waals surface area contributed by atoms with Crippen LogP contribution in [0.2, 0.25) is 0 Å². The molecule has 0 spiro atoms. The number of nitro groups is 2. The summed E-state index contributed by atoms with van der Waals surface area (Å²) in [6.07, 6.45) is 2.56. The van der Waals surface area contributed by atoms with Crippen LogP contribution in [0.3, 0.4) is 0 Å². The molecular formula is C12H12N8O4+2. The van der Waals surface area contributed by atoms with Gasteiger partial charge in [0.25, 0.3) is 0 Å². The van der Waals surface area contributed by atoms with E-state index in [0.717, 1.165) is 9.36 Å². The third-order valence-corrected chi connectivity index (χ3v) is 3.33. The summed E-state index contributed by atoms with van der Waals surface area (Å²) in [5.74, 6) is -0.330. The Balaban J connectivity index is 2.04. The fourth-order valence-corrected chi connectivity index (χ4v) is 2.18. The fraction of sp³-hybridized carbons (Fsp3) is 0.167. The summed E-state index contributed by atoms with van der Waals surface area (Å²) in [5, 5.41) is 29.9. The largest absolute Gasteiger partial charge is 0.388 e. The number of nitrogens with zero attached hydrogens (tertiary/aromatic N) is 8. The van der Waals surface area contributed by atoms with E-state index in [1.165, 1.54) is 35.9 Å². The SMILES string of the molecule is Cn1n[n+](-c2cccc(-[n+]3cc([N+](=O)[O-])n(C)n3)c2)cc1[N+](=O)[O-]. The molecule has 0 unspecified atom stereocenters. The van der Waals surface area contributed by atoms with Gasteiger partial charge < -0.3 is 20.2 Å². The first-order valence-corrected chi connectivity index (χ1v) is 6.68. The minimum Gasteiger partial charge on any atom is -0.358 e. The summed E-state index contributed by atoms with van der Waals surface area (Å²) in [6, 6.07) is 6.77. The molecule has 0 aliphatic rings. The zero-order valence-corrected chi connectivity index (χ0v) is 12.7. The maximum atomic E-state index is 10.9. The Bertz CT molecular complexity index is 886. The van der Waals surface area contributed by atoms with Crippen LogP contribution in [0.15, 0.2) is 36.7 Å². The minimum absolute atomic E-state index is 0.165. The molecule has 2 aromatic heterocycles. The van der Waals surface area contributed by atoms with Gasteiger partial charge in [-0.2, -0.15) is 0 Å². The molecule has 0 amide bonds. The summed E-state index contributed by atoms with van der Waals surface area (Å²) < 4.78 is 4.98. The smallest absolute Gasteiger partial charge is 0.358 e. The van der Waals surface area contributed by atoms with E-state index in [4.69, 9.17) is 0 Å². The van der Waals surface area contributed by atoms with Crippen LogP contribution in [0.4, 0.5) is 11.6 Å². The standard InChI is InChI=1S/C12H12N8O4/c1-15-11(19(21)22)7-17(13-15)9-4-3-5-10(6-9)18-8-12(20(23)24)16(2)14-18/h3-8H,1-2H3/q+2. The van der Waals surface area contributed by atoms with Crippen LogP contribution in [-0.2, 0) is 14.1 Å². The van der Waals surface area contributed by atoms with Crippen LogP contribution in [0.5, 0.6) is 0 Å². The summed E-state index contributed by atoms with van der Waals surface area (Å²) in [7, 11) is 2.94. The molecule has 122 valence electrons. The predicted molar refractivity (Wildman–Crippen MR) is 76.3 cm³/mol. The van der Waals surface area contributed by atoms with Gasteiger partial charge in [-0.3, -0.25) is 0 Å². The van der Waals surface area contributed by atoms with Crippen molar-refractivity contribution in [1.29, 1.82) is 0 Å². The van der Waals surface area contributed by atoms with Gasteiger partial charge in [-0.05, 0) is 22.0 Å². The van der Waals surface area contributed by atoms with E-state index < -0.39 is 9.85 Å². The molecule has 1 aromatic carbocycles. The Morgan fingerprint density at radius 2 is 1.33 bits per heavy atom. The topological polar surface area (TPSA) is 130 Å². The van der Waals surface area contributed by atoms with Gasteiger partial charge in [0, 0.05) is 6.07 Å². The highest BCUT2D eigenvalue weighted by Gasteiger charge is 2.22. The molecule has 0 bridgehead atoms. The van der Waals surface area contributed by atoms with Crippen molar-refractivity contribution in [3.63, 3.8) is 0 Å². The molecule has 12 heteroatoms. The lowest BCUT2D eigenvalue weighted by molar-refractivity contribution is -0.670. The summed E-state index contributed by atoms with van der Waals surface area (Å²) in [5.41, 5.74) is 1.11. The average molecular weight is 332 g/mol. The molecule has 3 aromatic rings. The lowest BCUT2D eigenvalue weighted by Gasteiger charge is -1.95. The number of rotatable bonds is 4. The van der Waals surface area contributed by atoms with E-state index in [-0.39, 0.29) is 11.6 Å². The van der Waals surface area contributed by atoms with Crippen LogP contribution in [0, 0.1) is 20.2 Å². The quantitative estimate of drug-likeness (QED) is 0.360. The second-order valence-corrected chi connectivity index (χ2v) is 4.92. The molecule has 0 aliphatic heterocycles. The average Bonchev–Trinajstić information content (AvgIpc) is 3.11. The lowest BCUT2D eigenvalue weighted by Crippen LogP contribution is -2.36. The van der Waals surface area contributed by atoms with Gasteiger partial charge in [0.05, 0.1) is 10.4 Å². The third-order valence-electron chi connectivity index (χ3n) is 3.33. The van der Waals surface area contributed by atoms with E-state index in [1.54, 1.807) is 24.3 Å². The molecule has 24 heavy (non-hydrogen) atoms. The Kier molecular flexibility index (Phi) is 3.48. The van der Waals surface area contributed by atoms with Gasteiger partial charge in [-0.25, -0.2) is 0 Å². The van der Waals surface area contributed by atoms with Crippen molar-refractivity contribution < 1.29 is 19.2 Å². The molecule has 0 N–H and O–H groups in total. The summed E-state index contributed by atoms with van der Waals surface area (Å²) in [4.78, 5) is 20.7. The molecule has 0 radical (unpaired) electrons. The summed E-state index contributed by atoms with van der Waals surface area (Å²) >= 11 is 0. The van der Waals surface area contributed by atoms with E-state index in [2.05, 4.69) is 10.4 Å². The number of benzene rings is 1. The number of hydrogen-bond donors (Lipinski definition) is 0. The van der Waals surface area contributed by atoms with E-state index in [9.17, 15) is 20.2 Å². The van der Waals surface area contributed by atoms with Crippen molar-refractivity contribution in [1.82, 2.24) is 19.8 Å². The van der Waals surface area contributed by atoms with Crippen molar-refractivity contribution in [2.45, 2.75) is 0 Å². The zero-order valence-electron chi connectivity index (χ0n) is 12.7. The highest BCUT2D eigenvalue weighted by Crippen LogP contribution is 2.10. The van der Waals surface area contributed by atoms with E-state index in [1.807, 2.05) is 0 Å². The highest BCUT2D eigenvalue weighted by molar-refractivity contribution is 5.33. The number of aromatic nitrogens is 6. The molecule has 0 atom stereocenters. The van der Waals surface area contributed by atoms with Gasteiger partial charge in [0.1, 0.15) is 14.1 Å². The maximum Gasteiger partial charge on any atom is 0.388 e. The van der Waals surface area contributed by atoms with Gasteiger partial charge in [0.2, 0.25) is 12.4 Å². The van der Waals surface area contributed by atoms with Crippen molar-refractivity contribution in [3.8, 4) is 11.4 Å². The van der Waals surface area contributed by atoms with Crippen LogP contribution in [-0.4, -0.2) is 29.6 Å². The molecule has 0 saturated carbocycles. The third kappa shape index (κ3) is 2.55. The number of aryl methyl sites for hydroxylation is 2. The fourth-order valence-electron chi connectivity index (χ4n) is 2.18. The van der Waals surface area contributed by atoms with E-state index >= 15 is 0 Å². The molecule has 12 nitrogen and oxygen atoms in total. The molecule has 0 saturated heterocycles. The van der Waals surface area contributed by atoms with Crippen molar-refractivity contribution in [2.24, 2.45) is 14.1 Å². The summed E-state index contributed by atoms with van der Waals surface area (Å²) in [6.45, 7) is 0. The minimum atomic E-state index is -0.537. The lowest BCUT2D eigenvalue weighted by atomic mass is 10.3.